The summed E-state index contributed by atoms with van der Waals surface area (Å²) in [6.07, 6.45) is 13.3. The Kier molecular flexibility index (Phi) is 8.88. The van der Waals surface area contributed by atoms with Crippen LogP contribution in [0.5, 0.6) is 11.5 Å². The van der Waals surface area contributed by atoms with Crippen molar-refractivity contribution in [3.8, 4) is 11.5 Å². The van der Waals surface area contributed by atoms with Crippen molar-refractivity contribution < 1.29 is 9.84 Å². The predicted molar refractivity (Wildman–Crippen MR) is 130 cm³/mol. The number of aromatic hydroxyl groups is 1. The van der Waals surface area contributed by atoms with E-state index in [1.54, 1.807) is 0 Å². The first-order valence-corrected chi connectivity index (χ1v) is 12.2. The number of phenolic OH excluding ortho intramolecular Hbond substituents is 1. The van der Waals surface area contributed by atoms with Crippen LogP contribution in [0.4, 0.5) is 0 Å². The summed E-state index contributed by atoms with van der Waals surface area (Å²) in [5, 5.41) is 10.4. The summed E-state index contributed by atoms with van der Waals surface area (Å²) in [6, 6.07) is 0. The van der Waals surface area contributed by atoms with E-state index in [4.69, 9.17) is 4.74 Å². The second-order valence-corrected chi connectivity index (χ2v) is 10.6. The van der Waals surface area contributed by atoms with E-state index in [9.17, 15) is 5.11 Å². The van der Waals surface area contributed by atoms with Gasteiger partial charge in [-0.15, -0.1) is 0 Å². The van der Waals surface area contributed by atoms with E-state index >= 15 is 0 Å². The molecule has 0 saturated carbocycles. The lowest BCUT2D eigenvalue weighted by Crippen LogP contribution is -2.37. The molecule has 1 aliphatic rings. The van der Waals surface area contributed by atoms with Crippen molar-refractivity contribution in [1.82, 2.24) is 0 Å². The second-order valence-electron chi connectivity index (χ2n) is 10.6. The molecule has 1 aromatic rings. The topological polar surface area (TPSA) is 29.5 Å². The quantitative estimate of drug-likeness (QED) is 0.390. The van der Waals surface area contributed by atoms with Crippen LogP contribution >= 0.6 is 0 Å². The number of benzene rings is 1. The lowest BCUT2D eigenvalue weighted by molar-refractivity contribution is 0.0484. The Hall–Kier alpha value is -1.44. The average Bonchev–Trinajstić information content (AvgIpc) is 2.69. The maximum atomic E-state index is 10.4. The molecule has 0 amide bonds. The summed E-state index contributed by atoms with van der Waals surface area (Å²) in [5.74, 6) is 3.06. The Balaban J connectivity index is 1.82. The molecule has 0 radical (unpaired) electrons. The predicted octanol–water partition coefficient (Wildman–Crippen LogP) is 8.37. The fourth-order valence-electron chi connectivity index (χ4n) is 4.78. The Bertz CT molecular complexity index is 742. The molecule has 2 nitrogen and oxygen atoms in total. The second kappa shape index (κ2) is 10.7. The van der Waals surface area contributed by atoms with E-state index in [-0.39, 0.29) is 5.60 Å². The highest BCUT2D eigenvalue weighted by atomic mass is 16.5. The summed E-state index contributed by atoms with van der Waals surface area (Å²) in [7, 11) is 0. The van der Waals surface area contributed by atoms with E-state index in [0.717, 1.165) is 53.5 Å². The maximum absolute atomic E-state index is 10.4. The molecule has 30 heavy (non-hydrogen) atoms. The van der Waals surface area contributed by atoms with E-state index < -0.39 is 0 Å². The van der Waals surface area contributed by atoms with Crippen LogP contribution in [0.1, 0.15) is 108 Å². The Morgan fingerprint density at radius 3 is 2.27 bits per heavy atom. The summed E-state index contributed by atoms with van der Waals surface area (Å²) in [6.45, 7) is 17.6. The molecular weight excluding hydrogens is 368 g/mol. The molecule has 2 unspecified atom stereocenters. The van der Waals surface area contributed by atoms with Gasteiger partial charge in [0.2, 0.25) is 0 Å². The highest BCUT2D eigenvalue weighted by Crippen LogP contribution is 2.44. The minimum atomic E-state index is -0.0838. The van der Waals surface area contributed by atoms with E-state index in [0.29, 0.717) is 5.75 Å². The molecule has 170 valence electrons. The van der Waals surface area contributed by atoms with Crippen LogP contribution in [-0.2, 0) is 6.42 Å². The molecule has 2 rings (SSSR count). The molecule has 0 aromatic heterocycles. The van der Waals surface area contributed by atoms with Crippen LogP contribution in [0.2, 0.25) is 0 Å². The van der Waals surface area contributed by atoms with Crippen LogP contribution in [-0.4, -0.2) is 10.7 Å². The van der Waals surface area contributed by atoms with Crippen LogP contribution < -0.4 is 4.74 Å². The van der Waals surface area contributed by atoms with Gasteiger partial charge in [0.25, 0.3) is 0 Å². The summed E-state index contributed by atoms with van der Waals surface area (Å²) < 4.78 is 6.61. The molecule has 2 heteroatoms. The molecular formula is C28H46O2. The van der Waals surface area contributed by atoms with Gasteiger partial charge in [0.1, 0.15) is 17.1 Å². The zero-order valence-corrected chi connectivity index (χ0v) is 21.0. The molecule has 1 aliphatic heterocycles. The Morgan fingerprint density at radius 1 is 1.00 bits per heavy atom. The van der Waals surface area contributed by atoms with Crippen molar-refractivity contribution in [2.75, 3.05) is 0 Å². The first kappa shape index (κ1) is 24.8. The molecule has 0 fully saturated rings. The minimum Gasteiger partial charge on any atom is -0.507 e. The minimum absolute atomic E-state index is 0.0838. The van der Waals surface area contributed by atoms with Gasteiger partial charge in [0.15, 0.2) is 0 Å². The van der Waals surface area contributed by atoms with E-state index in [1.165, 1.54) is 49.7 Å². The van der Waals surface area contributed by atoms with Crippen molar-refractivity contribution in [1.29, 1.82) is 0 Å². The zero-order valence-electron chi connectivity index (χ0n) is 21.0. The van der Waals surface area contributed by atoms with Gasteiger partial charge in [-0.1, -0.05) is 44.8 Å². The van der Waals surface area contributed by atoms with Gasteiger partial charge in [0.05, 0.1) is 0 Å². The third-order valence-electron chi connectivity index (χ3n) is 7.36. The van der Waals surface area contributed by atoms with Crippen molar-refractivity contribution in [2.24, 2.45) is 11.8 Å². The highest BCUT2D eigenvalue weighted by molar-refractivity contribution is 5.58. The van der Waals surface area contributed by atoms with Gasteiger partial charge in [-0.25, -0.2) is 0 Å². The smallest absolute Gasteiger partial charge is 0.127 e. The van der Waals surface area contributed by atoms with Crippen LogP contribution in [0, 0.1) is 32.6 Å². The standard InChI is InChI=1S/C28H46O2/c1-19(2)11-9-12-20(3)13-10-14-21(4)15-17-28(8)18-16-25-24(7)26(29)22(5)23(6)27(25)30-28/h11,20-21,29H,9-10,12-18H2,1-8H3/t20?,21?,28-/m0/s1. The molecule has 0 spiro atoms. The third-order valence-corrected chi connectivity index (χ3v) is 7.36. The van der Waals surface area contributed by atoms with Crippen LogP contribution in [0.15, 0.2) is 11.6 Å². The number of hydrogen-bond acceptors (Lipinski definition) is 2. The SMILES string of the molecule is CC(C)=CCCC(C)CCCC(C)CC[C@@]1(C)CCc2c(C)c(O)c(C)c(C)c2O1. The molecule has 0 bridgehead atoms. The summed E-state index contributed by atoms with van der Waals surface area (Å²) >= 11 is 0. The normalized spacial score (nSPS) is 20.3. The largest absolute Gasteiger partial charge is 0.507 e. The maximum Gasteiger partial charge on any atom is 0.127 e. The van der Waals surface area contributed by atoms with Gasteiger partial charge < -0.3 is 9.84 Å². The Morgan fingerprint density at radius 2 is 1.63 bits per heavy atom. The van der Waals surface area contributed by atoms with Gasteiger partial charge >= 0.3 is 0 Å². The molecule has 1 heterocycles. The molecule has 0 aliphatic carbocycles. The molecule has 3 atom stereocenters. The average molecular weight is 415 g/mol. The number of allylic oxidation sites excluding steroid dienone is 2. The summed E-state index contributed by atoms with van der Waals surface area (Å²) in [5.41, 5.74) is 5.64. The fraction of sp³-hybridized carbons (Fsp3) is 0.714. The van der Waals surface area contributed by atoms with E-state index in [1.807, 2.05) is 13.8 Å². The number of rotatable bonds is 10. The lowest BCUT2D eigenvalue weighted by atomic mass is 9.83. The monoisotopic (exact) mass is 414 g/mol. The Labute approximate surface area is 186 Å². The first-order valence-electron chi connectivity index (χ1n) is 12.2. The number of phenols is 1. The van der Waals surface area contributed by atoms with Gasteiger partial charge in [-0.2, -0.15) is 0 Å². The zero-order chi connectivity index (χ0) is 22.5. The van der Waals surface area contributed by atoms with Crippen molar-refractivity contribution >= 4 is 0 Å². The van der Waals surface area contributed by atoms with Gasteiger partial charge in [-0.3, -0.25) is 0 Å². The number of hydrogen-bond donors (Lipinski definition) is 1. The molecule has 1 N–H and O–H groups in total. The van der Waals surface area contributed by atoms with Gasteiger partial charge in [-0.05, 0) is 109 Å². The van der Waals surface area contributed by atoms with Crippen molar-refractivity contribution in [3.05, 3.63) is 33.9 Å². The highest BCUT2D eigenvalue weighted by Gasteiger charge is 2.34. The summed E-state index contributed by atoms with van der Waals surface area (Å²) in [4.78, 5) is 0. The first-order chi connectivity index (χ1) is 14.0. The fourth-order valence-corrected chi connectivity index (χ4v) is 4.78. The van der Waals surface area contributed by atoms with Gasteiger partial charge in [0, 0.05) is 5.56 Å². The number of fused-ring (bicyclic) bond motifs is 1. The number of ether oxygens (including phenoxy) is 1. The molecule has 0 saturated heterocycles. The third kappa shape index (κ3) is 6.53. The lowest BCUT2D eigenvalue weighted by Gasteiger charge is -2.38. The van der Waals surface area contributed by atoms with E-state index in [2.05, 4.69) is 47.6 Å². The van der Waals surface area contributed by atoms with Crippen molar-refractivity contribution in [2.45, 2.75) is 119 Å². The van der Waals surface area contributed by atoms with Crippen LogP contribution in [0.3, 0.4) is 0 Å². The molecule has 1 aromatic carbocycles. The van der Waals surface area contributed by atoms with Crippen LogP contribution in [0.25, 0.3) is 0 Å². The van der Waals surface area contributed by atoms with Crippen molar-refractivity contribution in [3.63, 3.8) is 0 Å².